The average molecular weight is 186 g/mol. The molecule has 0 aromatic rings. The van der Waals surface area contributed by atoms with Crippen molar-refractivity contribution in [3.63, 3.8) is 0 Å². The molecule has 2 atom stereocenters. The van der Waals surface area contributed by atoms with Crippen LogP contribution in [0.1, 0.15) is 6.42 Å². The number of carbonyl (C=O) groups excluding carboxylic acids is 1. The third-order valence-corrected chi connectivity index (χ3v) is 2.29. The van der Waals surface area contributed by atoms with Gasteiger partial charge in [0.2, 0.25) is 0 Å². The molecule has 0 aromatic carbocycles. The quantitative estimate of drug-likeness (QED) is 0.380. The van der Waals surface area contributed by atoms with Crippen LogP contribution in [0.15, 0.2) is 0 Å². The van der Waals surface area contributed by atoms with Gasteiger partial charge in [-0.3, -0.25) is 0 Å². The van der Waals surface area contributed by atoms with Gasteiger partial charge in [-0.2, -0.15) is 0 Å². The van der Waals surface area contributed by atoms with Crippen LogP contribution < -0.4 is 10.6 Å². The van der Waals surface area contributed by atoms with Crippen molar-refractivity contribution in [2.24, 2.45) is 0 Å². The normalized spacial score (nSPS) is 28.2. The van der Waals surface area contributed by atoms with Crippen molar-refractivity contribution < 1.29 is 9.50 Å². The van der Waals surface area contributed by atoms with Gasteiger partial charge in [0.25, 0.3) is 0 Å². The predicted octanol–water partition coefficient (Wildman–Crippen LogP) is -1.23. The number of carbonyl (C=O) groups is 1. The van der Waals surface area contributed by atoms with Crippen molar-refractivity contribution >= 4 is 25.7 Å². The van der Waals surface area contributed by atoms with Crippen LogP contribution in [0.3, 0.4) is 0 Å². The zero-order valence-electron chi connectivity index (χ0n) is 6.62. The molecule has 1 fully saturated rings. The first-order valence-electron chi connectivity index (χ1n) is 3.86. The summed E-state index contributed by atoms with van der Waals surface area (Å²) in [7, 11) is 0.751. The zero-order valence-corrected chi connectivity index (χ0v) is 7.51. The average Bonchev–Trinajstić information content (AvgIpc) is 2.43. The van der Waals surface area contributed by atoms with Crippen molar-refractivity contribution in [1.82, 2.24) is 10.6 Å². The Labute approximate surface area is 77.1 Å². The van der Waals surface area contributed by atoms with Crippen LogP contribution in [0.4, 0.5) is 0 Å². The molecule has 1 amide bonds. The summed E-state index contributed by atoms with van der Waals surface area (Å²) in [5.74, 6) is 0.612. The predicted molar refractivity (Wildman–Crippen MR) is 48.6 cm³/mol. The maximum atomic E-state index is 11.1. The Hall–Kier alpha value is -0.355. The Morgan fingerprint density at radius 2 is 2.50 bits per heavy atom. The fourth-order valence-electron chi connectivity index (χ4n) is 1.24. The van der Waals surface area contributed by atoms with Gasteiger partial charge in [0.15, 0.2) is 0 Å². The Balaban J connectivity index is 2.35. The Morgan fingerprint density at radius 3 is 3.00 bits per heavy atom. The second kappa shape index (κ2) is 4.62. The molecule has 66 valence electrons. The summed E-state index contributed by atoms with van der Waals surface area (Å²) in [5.41, 5.74) is 0. The molecule has 4 nitrogen and oxygen atoms in total. The summed E-state index contributed by atoms with van der Waals surface area (Å²) in [6.07, 6.45) is 0.952. The van der Waals surface area contributed by atoms with Crippen LogP contribution in [0.5, 0.6) is 0 Å². The van der Waals surface area contributed by atoms with E-state index in [1.54, 1.807) is 0 Å². The van der Waals surface area contributed by atoms with Crippen molar-refractivity contribution in [1.29, 1.82) is 0 Å². The molecule has 0 spiro atoms. The topological polar surface area (TPSA) is 58.2 Å². The molecule has 1 saturated heterocycles. The molecule has 12 heavy (non-hydrogen) atoms. The van der Waals surface area contributed by atoms with Gasteiger partial charge in [-0.15, -0.1) is 0 Å². The molecule has 1 heterocycles. The van der Waals surface area contributed by atoms with Gasteiger partial charge in [0, 0.05) is 0 Å². The zero-order chi connectivity index (χ0) is 8.97. The summed E-state index contributed by atoms with van der Waals surface area (Å²) in [5, 5.41) is 5.60. The van der Waals surface area contributed by atoms with Crippen LogP contribution in [-0.4, -0.2) is 37.3 Å². The number of hydrogen-bond donors (Lipinski definition) is 3. The molecule has 6 heteroatoms. The molecule has 1 aliphatic heterocycles. The van der Waals surface area contributed by atoms with Crippen molar-refractivity contribution in [2.75, 3.05) is 12.2 Å². The van der Waals surface area contributed by atoms with Crippen LogP contribution in [0.2, 0.25) is 0 Å². The molecule has 0 aliphatic carbocycles. The summed E-state index contributed by atoms with van der Waals surface area (Å²) in [4.78, 5) is 11.1. The Kier molecular flexibility index (Phi) is 3.74. The molecular formula is C6H11BN2O2S. The molecule has 0 radical (unpaired) electrons. The van der Waals surface area contributed by atoms with E-state index in [0.29, 0.717) is 5.75 Å². The summed E-state index contributed by atoms with van der Waals surface area (Å²) in [6.45, 7) is 0. The third-order valence-electron chi connectivity index (χ3n) is 1.85. The number of thiol groups is 1. The molecule has 0 saturated carbocycles. The Bertz CT molecular complexity index is 190. The van der Waals surface area contributed by atoms with Gasteiger partial charge >= 0.3 is 76.5 Å². The molecular weight excluding hydrogens is 175 g/mol. The van der Waals surface area contributed by atoms with E-state index in [2.05, 4.69) is 23.3 Å². The molecule has 2 N–H and O–H groups in total. The molecule has 0 bridgehead atoms. The van der Waals surface area contributed by atoms with Gasteiger partial charge in [-0.25, -0.2) is 0 Å². The third kappa shape index (κ3) is 2.32. The first-order valence-corrected chi connectivity index (χ1v) is 4.49. The van der Waals surface area contributed by atoms with Crippen LogP contribution in [0, 0.1) is 0 Å². The molecule has 1 aliphatic rings. The van der Waals surface area contributed by atoms with Gasteiger partial charge in [0.05, 0.1) is 0 Å². The fraction of sp³-hybridized carbons (Fsp3) is 0.833. The number of nitrogens with one attached hydrogen (secondary N) is 2. The minimum absolute atomic E-state index is 0.0316. The van der Waals surface area contributed by atoms with Crippen molar-refractivity contribution in [3.05, 3.63) is 0 Å². The maximum absolute atomic E-state index is 11.1. The van der Waals surface area contributed by atoms with E-state index in [1.165, 1.54) is 0 Å². The Morgan fingerprint density at radius 1 is 1.75 bits per heavy atom. The van der Waals surface area contributed by atoms with E-state index in [1.807, 2.05) is 0 Å². The van der Waals surface area contributed by atoms with E-state index < -0.39 is 0 Å². The number of amides is 1. The van der Waals surface area contributed by atoms with Crippen molar-refractivity contribution in [3.8, 4) is 0 Å². The molecule has 0 aromatic heterocycles. The molecule has 1 rings (SSSR count). The van der Waals surface area contributed by atoms with E-state index in [-0.39, 0.29) is 24.4 Å². The summed E-state index contributed by atoms with van der Waals surface area (Å²) < 4.78 is 10.0. The summed E-state index contributed by atoms with van der Waals surface area (Å²) in [6, 6.07) is -0.0719. The van der Waals surface area contributed by atoms with Gasteiger partial charge < -0.3 is 0 Å². The number of rotatable bonds is 4. The summed E-state index contributed by atoms with van der Waals surface area (Å²) >= 11 is 4.08. The minimum atomic E-state index is -0.215. The van der Waals surface area contributed by atoms with Crippen LogP contribution in [0.25, 0.3) is 0 Å². The van der Waals surface area contributed by atoms with E-state index in [9.17, 15) is 9.50 Å². The first-order chi connectivity index (χ1) is 5.77. The number of hydrogen-bond acceptors (Lipinski definition) is 4. The van der Waals surface area contributed by atoms with E-state index in [4.69, 9.17) is 0 Å². The van der Waals surface area contributed by atoms with Gasteiger partial charge in [0.1, 0.15) is 0 Å². The van der Waals surface area contributed by atoms with Crippen molar-refractivity contribution in [2.45, 2.75) is 18.5 Å². The molecule has 2 unspecified atom stereocenters. The SMILES string of the molecule is O=BCNC1CC(CS)NC1=O. The van der Waals surface area contributed by atoms with Crippen LogP contribution >= 0.6 is 12.6 Å². The van der Waals surface area contributed by atoms with Gasteiger partial charge in [-0.05, 0) is 0 Å². The van der Waals surface area contributed by atoms with E-state index in [0.717, 1.165) is 13.6 Å². The second-order valence-electron chi connectivity index (χ2n) is 2.75. The van der Waals surface area contributed by atoms with Crippen LogP contribution in [-0.2, 0) is 9.50 Å². The fourth-order valence-corrected chi connectivity index (χ4v) is 1.48. The van der Waals surface area contributed by atoms with E-state index >= 15 is 0 Å². The first kappa shape index (κ1) is 9.73. The van der Waals surface area contributed by atoms with Gasteiger partial charge in [-0.1, -0.05) is 0 Å². The monoisotopic (exact) mass is 186 g/mol. The second-order valence-corrected chi connectivity index (χ2v) is 3.12. The standard InChI is InChI=1S/C6H11BN2O2S/c10-6-5(8-3-7-11)1-4(2-12)9-6/h4-5,8,12H,1-3H2,(H,9,10).